The number of ether oxygens (including phenoxy) is 1. The average molecular weight is 342 g/mol. The van der Waals surface area contributed by atoms with Gasteiger partial charge in [0.1, 0.15) is 6.04 Å². The van der Waals surface area contributed by atoms with Crippen molar-refractivity contribution in [3.8, 4) is 11.8 Å². The molecule has 0 aliphatic rings. The maximum Gasteiger partial charge on any atom is 0.408 e. The second kappa shape index (κ2) is 9.64. The molecule has 1 amide bonds. The van der Waals surface area contributed by atoms with Crippen LogP contribution in [0, 0.1) is 11.8 Å². The molecule has 1 atom stereocenters. The number of amides is 1. The van der Waals surface area contributed by atoms with Gasteiger partial charge >= 0.3 is 6.09 Å². The van der Waals surface area contributed by atoms with E-state index in [2.05, 4.69) is 17.2 Å². The van der Waals surface area contributed by atoms with E-state index in [0.29, 0.717) is 11.6 Å². The third-order valence-corrected chi connectivity index (χ3v) is 3.58. The van der Waals surface area contributed by atoms with E-state index in [1.54, 1.807) is 12.1 Å². The van der Waals surface area contributed by atoms with Crippen molar-refractivity contribution >= 4 is 17.7 Å². The van der Waals surface area contributed by atoms with Crippen LogP contribution in [-0.2, 0) is 4.74 Å². The van der Waals surface area contributed by atoms with Crippen LogP contribution < -0.4 is 5.32 Å². The van der Waals surface area contributed by atoms with E-state index >= 15 is 0 Å². The fraction of sp³-hybridized carbons (Fsp3) is 0.250. The van der Waals surface area contributed by atoms with Crippen LogP contribution >= 0.6 is 11.6 Å². The smallest absolute Gasteiger partial charge is 0.408 e. The number of carbonyl (C=O) groups excluding carboxylic acids is 1. The molecule has 1 N–H and O–H groups in total. The summed E-state index contributed by atoms with van der Waals surface area (Å²) in [6.07, 6.45) is 1.35. The van der Waals surface area contributed by atoms with E-state index in [1.165, 1.54) is 0 Å². The highest BCUT2D eigenvalue weighted by atomic mass is 35.5. The number of halogens is 1. The van der Waals surface area contributed by atoms with Crippen molar-refractivity contribution in [2.45, 2.75) is 25.8 Å². The maximum absolute atomic E-state index is 12.0. The van der Waals surface area contributed by atoms with Gasteiger partial charge in [-0.3, -0.25) is 0 Å². The summed E-state index contributed by atoms with van der Waals surface area (Å²) in [4.78, 5) is 12.0. The van der Waals surface area contributed by atoms with E-state index in [-0.39, 0.29) is 0 Å². The van der Waals surface area contributed by atoms with Crippen molar-refractivity contribution in [3.05, 3.63) is 70.7 Å². The summed E-state index contributed by atoms with van der Waals surface area (Å²) in [6.45, 7) is 2.45. The molecule has 4 heteroatoms. The van der Waals surface area contributed by atoms with Crippen molar-refractivity contribution in [3.63, 3.8) is 0 Å². The molecule has 2 rings (SSSR count). The number of unbranched alkanes of at least 4 members (excludes halogenated alkanes) is 1. The van der Waals surface area contributed by atoms with Gasteiger partial charge < -0.3 is 10.1 Å². The quantitative estimate of drug-likeness (QED) is 0.616. The lowest BCUT2D eigenvalue weighted by Gasteiger charge is -2.14. The Kier molecular flexibility index (Phi) is 7.20. The minimum Gasteiger partial charge on any atom is -0.450 e. The summed E-state index contributed by atoms with van der Waals surface area (Å²) in [5.74, 6) is 6.17. The molecule has 0 heterocycles. The van der Waals surface area contributed by atoms with Crippen molar-refractivity contribution in [1.29, 1.82) is 0 Å². The number of carbonyl (C=O) groups is 1. The van der Waals surface area contributed by atoms with Crippen molar-refractivity contribution in [2.24, 2.45) is 0 Å². The molecule has 0 aromatic heterocycles. The number of benzene rings is 2. The molecule has 0 spiro atoms. The van der Waals surface area contributed by atoms with E-state index < -0.39 is 12.1 Å². The van der Waals surface area contributed by atoms with Crippen LogP contribution in [0.1, 0.15) is 36.9 Å². The molecule has 2 aromatic rings. The third-order valence-electron chi connectivity index (χ3n) is 3.33. The van der Waals surface area contributed by atoms with Gasteiger partial charge in [0.15, 0.2) is 0 Å². The third kappa shape index (κ3) is 5.98. The Hall–Kier alpha value is -2.44. The first-order chi connectivity index (χ1) is 11.7. The zero-order valence-electron chi connectivity index (χ0n) is 13.6. The first-order valence-corrected chi connectivity index (χ1v) is 8.32. The molecule has 124 valence electrons. The van der Waals surface area contributed by atoms with Gasteiger partial charge in [0.2, 0.25) is 0 Å². The van der Waals surface area contributed by atoms with Crippen LogP contribution in [0.25, 0.3) is 0 Å². The van der Waals surface area contributed by atoms with Gasteiger partial charge in [-0.25, -0.2) is 4.79 Å². The zero-order valence-corrected chi connectivity index (χ0v) is 14.3. The number of nitrogens with one attached hydrogen (secondary N) is 1. The number of hydrogen-bond acceptors (Lipinski definition) is 2. The number of rotatable bonds is 5. The molecule has 3 nitrogen and oxygen atoms in total. The molecule has 2 aromatic carbocycles. The Morgan fingerprint density at radius 3 is 2.54 bits per heavy atom. The summed E-state index contributed by atoms with van der Waals surface area (Å²) in [6, 6.07) is 16.4. The SMILES string of the molecule is CCCCOC(=O)NC(C#Cc1ccccc1)c1ccc(Cl)cc1. The van der Waals surface area contributed by atoms with Crippen LogP contribution in [0.5, 0.6) is 0 Å². The van der Waals surface area contributed by atoms with Gasteiger partial charge in [-0.05, 0) is 36.2 Å². The van der Waals surface area contributed by atoms with Crippen LogP contribution in [0.3, 0.4) is 0 Å². The molecule has 0 radical (unpaired) electrons. The molecule has 0 saturated carbocycles. The van der Waals surface area contributed by atoms with Gasteiger partial charge in [-0.2, -0.15) is 0 Å². The number of hydrogen-bond donors (Lipinski definition) is 1. The lowest BCUT2D eigenvalue weighted by atomic mass is 10.1. The van der Waals surface area contributed by atoms with Gasteiger partial charge in [0.25, 0.3) is 0 Å². The largest absolute Gasteiger partial charge is 0.450 e. The minimum atomic E-state index is -0.467. The second-order valence-corrected chi connectivity index (χ2v) is 5.69. The van der Waals surface area contributed by atoms with Crippen LogP contribution in [0.4, 0.5) is 4.79 Å². The second-order valence-electron chi connectivity index (χ2n) is 5.25. The van der Waals surface area contributed by atoms with Crippen LogP contribution in [0.2, 0.25) is 5.02 Å². The van der Waals surface area contributed by atoms with Crippen LogP contribution in [0.15, 0.2) is 54.6 Å². The lowest BCUT2D eigenvalue weighted by Crippen LogP contribution is -2.28. The van der Waals surface area contributed by atoms with E-state index in [0.717, 1.165) is 24.0 Å². The first kappa shape index (κ1) is 17.9. The van der Waals surface area contributed by atoms with Crippen molar-refractivity contribution in [1.82, 2.24) is 5.32 Å². The highest BCUT2D eigenvalue weighted by Crippen LogP contribution is 2.16. The maximum atomic E-state index is 12.0. The topological polar surface area (TPSA) is 38.3 Å². The molecular weight excluding hydrogens is 322 g/mol. The standard InChI is InChI=1S/C20H20ClNO2/c1-2-3-15-24-20(23)22-19(17-10-12-18(21)13-11-17)14-9-16-7-5-4-6-8-16/h4-8,10-13,19H,2-3,15H2,1H3,(H,22,23). The van der Waals surface area contributed by atoms with Gasteiger partial charge in [0, 0.05) is 10.6 Å². The monoisotopic (exact) mass is 341 g/mol. The Morgan fingerprint density at radius 2 is 1.88 bits per heavy atom. The normalized spacial score (nSPS) is 11.1. The molecule has 1 unspecified atom stereocenters. The van der Waals surface area contributed by atoms with Gasteiger partial charge in [-0.1, -0.05) is 67.1 Å². The summed E-state index contributed by atoms with van der Waals surface area (Å²) in [7, 11) is 0. The first-order valence-electron chi connectivity index (χ1n) is 7.94. The molecule has 0 aliphatic heterocycles. The Balaban J connectivity index is 2.14. The highest BCUT2D eigenvalue weighted by molar-refractivity contribution is 6.30. The Morgan fingerprint density at radius 1 is 1.17 bits per heavy atom. The van der Waals surface area contributed by atoms with E-state index in [1.807, 2.05) is 49.4 Å². The van der Waals surface area contributed by atoms with E-state index in [9.17, 15) is 4.79 Å². The molecule has 0 bridgehead atoms. The van der Waals surface area contributed by atoms with Gasteiger partial charge in [0.05, 0.1) is 6.61 Å². The predicted molar refractivity (Wildman–Crippen MR) is 96.9 cm³/mol. The molecule has 0 fully saturated rings. The fourth-order valence-corrected chi connectivity index (χ4v) is 2.13. The predicted octanol–water partition coefficient (Wildman–Crippen LogP) is 4.96. The van der Waals surface area contributed by atoms with Crippen LogP contribution in [-0.4, -0.2) is 12.7 Å². The van der Waals surface area contributed by atoms with Gasteiger partial charge in [-0.15, -0.1) is 0 Å². The average Bonchev–Trinajstić information content (AvgIpc) is 2.60. The summed E-state index contributed by atoms with van der Waals surface area (Å²) >= 11 is 5.93. The summed E-state index contributed by atoms with van der Waals surface area (Å²) in [5, 5.41) is 3.44. The van der Waals surface area contributed by atoms with Crippen molar-refractivity contribution < 1.29 is 9.53 Å². The highest BCUT2D eigenvalue weighted by Gasteiger charge is 2.13. The number of alkyl carbamates (subject to hydrolysis) is 1. The summed E-state index contributed by atoms with van der Waals surface area (Å²) in [5.41, 5.74) is 1.74. The fourth-order valence-electron chi connectivity index (χ4n) is 2.00. The molecular formula is C20H20ClNO2. The summed E-state index contributed by atoms with van der Waals surface area (Å²) < 4.78 is 5.17. The van der Waals surface area contributed by atoms with Crippen molar-refractivity contribution in [2.75, 3.05) is 6.61 Å². The molecule has 0 saturated heterocycles. The Bertz CT molecular complexity index is 702. The minimum absolute atomic E-state index is 0.405. The Labute approximate surface area is 148 Å². The zero-order chi connectivity index (χ0) is 17.2. The molecule has 0 aliphatic carbocycles. The molecule has 24 heavy (non-hydrogen) atoms. The van der Waals surface area contributed by atoms with E-state index in [4.69, 9.17) is 16.3 Å². The lowest BCUT2D eigenvalue weighted by molar-refractivity contribution is 0.142.